The van der Waals surface area contributed by atoms with Crippen LogP contribution in [0.1, 0.15) is 5.56 Å². The minimum Gasteiger partial charge on any atom is -0.270 e. The first-order valence-corrected chi connectivity index (χ1v) is 8.80. The van der Waals surface area contributed by atoms with Crippen LogP contribution < -0.4 is 0 Å². The Balaban J connectivity index is 1.52. The predicted molar refractivity (Wildman–Crippen MR) is 104 cm³/mol. The number of nitro groups is 1. The highest BCUT2D eigenvalue weighted by atomic mass is 16.6. The van der Waals surface area contributed by atoms with Gasteiger partial charge in [0.2, 0.25) is 0 Å². The van der Waals surface area contributed by atoms with E-state index >= 15 is 0 Å². The summed E-state index contributed by atoms with van der Waals surface area (Å²) in [5.41, 5.74) is 2.94. The van der Waals surface area contributed by atoms with E-state index in [1.807, 2.05) is 35.1 Å². The molecule has 4 rings (SSSR count). The summed E-state index contributed by atoms with van der Waals surface area (Å²) in [5, 5.41) is 29.0. The first-order chi connectivity index (χ1) is 14.2. The van der Waals surface area contributed by atoms with Crippen molar-refractivity contribution < 1.29 is 4.92 Å². The quantitative estimate of drug-likeness (QED) is 0.371. The van der Waals surface area contributed by atoms with Gasteiger partial charge in [-0.1, -0.05) is 6.07 Å². The molecule has 9 heteroatoms. The van der Waals surface area contributed by atoms with Crippen molar-refractivity contribution in [3.63, 3.8) is 0 Å². The van der Waals surface area contributed by atoms with Crippen molar-refractivity contribution in [2.75, 3.05) is 0 Å². The lowest BCUT2D eigenvalue weighted by molar-refractivity contribution is -0.385. The molecule has 0 amide bonds. The number of benzene rings is 1. The number of nitriles is 1. The molecule has 29 heavy (non-hydrogen) atoms. The largest absolute Gasteiger partial charge is 0.287 e. The third-order valence-electron chi connectivity index (χ3n) is 4.47. The summed E-state index contributed by atoms with van der Waals surface area (Å²) >= 11 is 0. The standard InChI is InChI=1S/C20H15N7O2/c21-13-16-4-3-15(12-20(16)27(28)29)18-6-9-25(24-18)10-11-26-19(5-8-23-26)17-2-1-7-22-14-17/h1-9,12,14H,10-11H2. The van der Waals surface area contributed by atoms with Crippen LogP contribution in [0.2, 0.25) is 0 Å². The van der Waals surface area contributed by atoms with Crippen molar-refractivity contribution in [2.45, 2.75) is 13.1 Å². The number of pyridine rings is 1. The van der Waals surface area contributed by atoms with Crippen molar-refractivity contribution in [1.29, 1.82) is 5.26 Å². The first kappa shape index (κ1) is 18.1. The van der Waals surface area contributed by atoms with E-state index in [1.165, 1.54) is 12.1 Å². The summed E-state index contributed by atoms with van der Waals surface area (Å²) in [7, 11) is 0. The number of aryl methyl sites for hydroxylation is 2. The molecule has 0 aliphatic rings. The molecule has 0 aliphatic carbocycles. The molecule has 0 N–H and O–H groups in total. The second kappa shape index (κ2) is 7.74. The number of aromatic nitrogens is 5. The zero-order valence-corrected chi connectivity index (χ0v) is 15.2. The third kappa shape index (κ3) is 3.72. The topological polar surface area (TPSA) is 115 Å². The molecule has 0 unspecified atom stereocenters. The highest BCUT2D eigenvalue weighted by molar-refractivity contribution is 5.66. The molecule has 0 spiro atoms. The van der Waals surface area contributed by atoms with E-state index in [2.05, 4.69) is 15.2 Å². The van der Waals surface area contributed by atoms with Gasteiger partial charge < -0.3 is 0 Å². The lowest BCUT2D eigenvalue weighted by Crippen LogP contribution is -2.10. The van der Waals surface area contributed by atoms with Crippen LogP contribution in [0.5, 0.6) is 0 Å². The smallest absolute Gasteiger partial charge is 0.270 e. The van der Waals surface area contributed by atoms with Gasteiger partial charge in [0.05, 0.1) is 29.4 Å². The Kier molecular flexibility index (Phi) is 4.82. The zero-order chi connectivity index (χ0) is 20.2. The molecule has 0 saturated heterocycles. The van der Waals surface area contributed by atoms with Crippen molar-refractivity contribution in [1.82, 2.24) is 24.5 Å². The highest BCUT2D eigenvalue weighted by Gasteiger charge is 2.16. The Labute approximate surface area is 165 Å². The Morgan fingerprint density at radius 3 is 2.76 bits per heavy atom. The molecule has 0 atom stereocenters. The molecule has 0 radical (unpaired) electrons. The normalized spacial score (nSPS) is 10.6. The molecule has 0 bridgehead atoms. The van der Waals surface area contributed by atoms with Crippen LogP contribution in [0.25, 0.3) is 22.5 Å². The van der Waals surface area contributed by atoms with Gasteiger partial charge in [0.25, 0.3) is 5.69 Å². The van der Waals surface area contributed by atoms with Crippen LogP contribution in [-0.2, 0) is 13.1 Å². The molecular formula is C20H15N7O2. The summed E-state index contributed by atoms with van der Waals surface area (Å²) < 4.78 is 3.64. The van der Waals surface area contributed by atoms with Crippen molar-refractivity contribution in [3.05, 3.63) is 82.9 Å². The Morgan fingerprint density at radius 2 is 2.00 bits per heavy atom. The second-order valence-electron chi connectivity index (χ2n) is 6.25. The Hall–Kier alpha value is -4.32. The molecule has 0 aliphatic heterocycles. The summed E-state index contributed by atoms with van der Waals surface area (Å²) in [6, 6.07) is 13.9. The van der Waals surface area contributed by atoms with E-state index in [-0.39, 0.29) is 11.3 Å². The summed E-state index contributed by atoms with van der Waals surface area (Å²) in [5.74, 6) is 0. The van der Waals surface area contributed by atoms with E-state index in [0.29, 0.717) is 24.3 Å². The van der Waals surface area contributed by atoms with E-state index < -0.39 is 4.92 Å². The van der Waals surface area contributed by atoms with Gasteiger partial charge in [-0.2, -0.15) is 15.5 Å². The van der Waals surface area contributed by atoms with E-state index in [9.17, 15) is 10.1 Å². The van der Waals surface area contributed by atoms with Crippen LogP contribution in [0.15, 0.2) is 67.3 Å². The van der Waals surface area contributed by atoms with Gasteiger partial charge in [-0.3, -0.25) is 24.5 Å². The highest BCUT2D eigenvalue weighted by Crippen LogP contribution is 2.26. The van der Waals surface area contributed by atoms with Crippen LogP contribution in [-0.4, -0.2) is 29.5 Å². The van der Waals surface area contributed by atoms with Crippen LogP contribution in [0, 0.1) is 21.4 Å². The van der Waals surface area contributed by atoms with Gasteiger partial charge in [0.15, 0.2) is 0 Å². The predicted octanol–water partition coefficient (Wildman–Crippen LogP) is 3.29. The maximum absolute atomic E-state index is 11.2. The molecule has 9 nitrogen and oxygen atoms in total. The fourth-order valence-electron chi connectivity index (χ4n) is 3.04. The number of hydrogen-bond donors (Lipinski definition) is 0. The van der Waals surface area contributed by atoms with Crippen LogP contribution in [0.3, 0.4) is 0 Å². The monoisotopic (exact) mass is 385 g/mol. The van der Waals surface area contributed by atoms with Gasteiger partial charge >= 0.3 is 0 Å². The van der Waals surface area contributed by atoms with Crippen LogP contribution >= 0.6 is 0 Å². The fraction of sp³-hybridized carbons (Fsp3) is 0.100. The second-order valence-corrected chi connectivity index (χ2v) is 6.25. The third-order valence-corrected chi connectivity index (χ3v) is 4.47. The molecule has 3 aromatic heterocycles. The van der Waals surface area contributed by atoms with Gasteiger partial charge in [-0.15, -0.1) is 0 Å². The minimum atomic E-state index is -0.559. The van der Waals surface area contributed by atoms with Gasteiger partial charge in [0, 0.05) is 42.0 Å². The molecule has 142 valence electrons. The minimum absolute atomic E-state index is 0.0276. The SMILES string of the molecule is N#Cc1ccc(-c2ccn(CCn3nccc3-c3cccnc3)n2)cc1[N+](=O)[O-]. The zero-order valence-electron chi connectivity index (χ0n) is 15.2. The van der Waals surface area contributed by atoms with Crippen molar-refractivity contribution in [3.8, 4) is 28.6 Å². The maximum Gasteiger partial charge on any atom is 0.287 e. The van der Waals surface area contributed by atoms with E-state index in [0.717, 1.165) is 11.3 Å². The van der Waals surface area contributed by atoms with Crippen LogP contribution in [0.4, 0.5) is 5.69 Å². The fourth-order valence-corrected chi connectivity index (χ4v) is 3.04. The molecular weight excluding hydrogens is 370 g/mol. The lowest BCUT2D eigenvalue weighted by atomic mass is 10.1. The number of nitrogens with zero attached hydrogens (tertiary/aromatic N) is 7. The van der Waals surface area contributed by atoms with Crippen molar-refractivity contribution >= 4 is 5.69 Å². The summed E-state index contributed by atoms with van der Waals surface area (Å²) in [6.45, 7) is 1.18. The molecule has 3 heterocycles. The molecule has 1 aromatic carbocycles. The Bertz CT molecular complexity index is 1210. The number of rotatable bonds is 6. The number of nitro benzene ring substituents is 1. The van der Waals surface area contributed by atoms with E-state index in [4.69, 9.17) is 5.26 Å². The average molecular weight is 385 g/mol. The molecule has 0 saturated carbocycles. The lowest BCUT2D eigenvalue weighted by Gasteiger charge is -2.07. The molecule has 4 aromatic rings. The van der Waals surface area contributed by atoms with Gasteiger partial charge in [-0.05, 0) is 30.3 Å². The summed E-state index contributed by atoms with van der Waals surface area (Å²) in [6.07, 6.45) is 7.07. The maximum atomic E-state index is 11.2. The van der Waals surface area contributed by atoms with E-state index in [1.54, 1.807) is 35.4 Å². The summed E-state index contributed by atoms with van der Waals surface area (Å²) in [4.78, 5) is 14.8. The average Bonchev–Trinajstić information content (AvgIpc) is 3.42. The van der Waals surface area contributed by atoms with Gasteiger partial charge in [0.1, 0.15) is 11.6 Å². The number of hydrogen-bond acceptors (Lipinski definition) is 6. The van der Waals surface area contributed by atoms with Gasteiger partial charge in [-0.25, -0.2) is 0 Å². The first-order valence-electron chi connectivity index (χ1n) is 8.80. The molecule has 0 fully saturated rings. The Morgan fingerprint density at radius 1 is 1.10 bits per heavy atom. The van der Waals surface area contributed by atoms with Crippen molar-refractivity contribution in [2.24, 2.45) is 0 Å².